The van der Waals surface area contributed by atoms with Crippen molar-refractivity contribution in [2.24, 2.45) is 0 Å². The number of nitrogens with one attached hydrogen (secondary N) is 1. The van der Waals surface area contributed by atoms with Crippen LogP contribution in [0, 0.1) is 6.07 Å². The Morgan fingerprint density at radius 2 is 2.25 bits per heavy atom. The highest BCUT2D eigenvalue weighted by Gasteiger charge is 2.03. The van der Waals surface area contributed by atoms with E-state index in [2.05, 4.69) is 11.4 Å². The number of hydrogen-bond donors (Lipinski definition) is 1. The first-order valence-electron chi connectivity index (χ1n) is 5.50. The molecule has 0 saturated carbocycles. The summed E-state index contributed by atoms with van der Waals surface area (Å²) in [6, 6.07) is 14.7. The van der Waals surface area contributed by atoms with E-state index < -0.39 is 0 Å². The smallest absolute Gasteiger partial charge is 0.224 e. The van der Waals surface area contributed by atoms with Crippen LogP contribution in [0.3, 0.4) is 0 Å². The fourth-order valence-corrected chi connectivity index (χ4v) is 1.71. The third-order valence-corrected chi connectivity index (χ3v) is 2.48. The van der Waals surface area contributed by atoms with Gasteiger partial charge in [-0.25, -0.2) is 0 Å². The van der Waals surface area contributed by atoms with Crippen molar-refractivity contribution in [3.63, 3.8) is 0 Å². The van der Waals surface area contributed by atoms with Crippen molar-refractivity contribution in [1.29, 1.82) is 0 Å². The van der Waals surface area contributed by atoms with Gasteiger partial charge in [-0.15, -0.1) is 0 Å². The Morgan fingerprint density at radius 3 is 3.06 bits per heavy atom. The van der Waals surface area contributed by atoms with Gasteiger partial charge in [-0.05, 0) is 30.0 Å². The lowest BCUT2D eigenvalue weighted by atomic mass is 10.1. The van der Waals surface area contributed by atoms with Gasteiger partial charge in [0.05, 0.1) is 0 Å². The molecular formula is C14H14NO. The van der Waals surface area contributed by atoms with Gasteiger partial charge in [-0.2, -0.15) is 0 Å². The van der Waals surface area contributed by atoms with Crippen LogP contribution in [0.25, 0.3) is 10.8 Å². The topological polar surface area (TPSA) is 29.1 Å². The quantitative estimate of drug-likeness (QED) is 0.830. The average molecular weight is 212 g/mol. The lowest BCUT2D eigenvalue weighted by molar-refractivity contribution is -0.116. The second-order valence-electron chi connectivity index (χ2n) is 3.75. The molecule has 0 aromatic heterocycles. The Morgan fingerprint density at radius 1 is 1.38 bits per heavy atom. The Kier molecular flexibility index (Phi) is 3.20. The zero-order valence-corrected chi connectivity index (χ0v) is 9.29. The van der Waals surface area contributed by atoms with Crippen molar-refractivity contribution in [1.82, 2.24) is 0 Å². The number of carbonyl (C=O) groups is 1. The van der Waals surface area contributed by atoms with Crippen molar-refractivity contribution < 1.29 is 4.79 Å². The summed E-state index contributed by atoms with van der Waals surface area (Å²) >= 11 is 0. The van der Waals surface area contributed by atoms with Gasteiger partial charge in [-0.3, -0.25) is 4.79 Å². The SMILES string of the molecule is CCCC(=O)Nc1cccc2cc[c]cc12. The Balaban J connectivity index is 2.33. The van der Waals surface area contributed by atoms with Crippen molar-refractivity contribution in [3.05, 3.63) is 42.5 Å². The minimum absolute atomic E-state index is 0.0684. The molecule has 0 fully saturated rings. The predicted octanol–water partition coefficient (Wildman–Crippen LogP) is 3.38. The molecule has 1 radical (unpaired) electrons. The number of amides is 1. The highest BCUT2D eigenvalue weighted by Crippen LogP contribution is 2.22. The van der Waals surface area contributed by atoms with Crippen LogP contribution in [0.5, 0.6) is 0 Å². The van der Waals surface area contributed by atoms with E-state index in [1.807, 2.05) is 43.3 Å². The molecule has 0 heterocycles. The first kappa shape index (κ1) is 10.7. The second-order valence-corrected chi connectivity index (χ2v) is 3.75. The van der Waals surface area contributed by atoms with Gasteiger partial charge in [0.15, 0.2) is 0 Å². The molecule has 0 atom stereocenters. The van der Waals surface area contributed by atoms with E-state index >= 15 is 0 Å². The Bertz CT molecular complexity index is 500. The van der Waals surface area contributed by atoms with Gasteiger partial charge in [-0.1, -0.05) is 31.2 Å². The summed E-state index contributed by atoms with van der Waals surface area (Å²) in [5.74, 6) is 0.0684. The minimum atomic E-state index is 0.0684. The van der Waals surface area contributed by atoms with Crippen LogP contribution < -0.4 is 5.32 Å². The summed E-state index contributed by atoms with van der Waals surface area (Å²) in [6.07, 6.45) is 1.43. The molecule has 0 saturated heterocycles. The van der Waals surface area contributed by atoms with Crippen molar-refractivity contribution in [2.45, 2.75) is 19.8 Å². The fraction of sp³-hybridized carbons (Fsp3) is 0.214. The van der Waals surface area contributed by atoms with Crippen LogP contribution in [0.4, 0.5) is 5.69 Å². The molecule has 2 aromatic rings. The Labute approximate surface area is 95.3 Å². The van der Waals surface area contributed by atoms with Gasteiger partial charge < -0.3 is 5.32 Å². The molecule has 0 aliphatic rings. The summed E-state index contributed by atoms with van der Waals surface area (Å²) in [5.41, 5.74) is 0.868. The van der Waals surface area contributed by atoms with E-state index in [1.54, 1.807) is 0 Å². The maximum atomic E-state index is 11.5. The summed E-state index contributed by atoms with van der Waals surface area (Å²) in [5, 5.41) is 5.08. The van der Waals surface area contributed by atoms with E-state index in [9.17, 15) is 4.79 Å². The first-order chi connectivity index (χ1) is 7.81. The van der Waals surface area contributed by atoms with Gasteiger partial charge in [0, 0.05) is 17.5 Å². The number of anilines is 1. The summed E-state index contributed by atoms with van der Waals surface area (Å²) < 4.78 is 0. The summed E-state index contributed by atoms with van der Waals surface area (Å²) in [4.78, 5) is 11.5. The molecule has 2 nitrogen and oxygen atoms in total. The molecule has 16 heavy (non-hydrogen) atoms. The van der Waals surface area contributed by atoms with E-state index in [-0.39, 0.29) is 5.91 Å². The highest BCUT2D eigenvalue weighted by atomic mass is 16.1. The van der Waals surface area contributed by atoms with Gasteiger partial charge in [0.25, 0.3) is 0 Å². The third kappa shape index (κ3) is 2.22. The normalized spacial score (nSPS) is 10.3. The lowest BCUT2D eigenvalue weighted by Gasteiger charge is -2.07. The fourth-order valence-electron chi connectivity index (χ4n) is 1.71. The molecule has 2 heteroatoms. The molecule has 2 aromatic carbocycles. The third-order valence-electron chi connectivity index (χ3n) is 2.48. The molecule has 1 N–H and O–H groups in total. The summed E-state index contributed by atoms with van der Waals surface area (Å²) in [6.45, 7) is 2.00. The summed E-state index contributed by atoms with van der Waals surface area (Å²) in [7, 11) is 0. The zero-order chi connectivity index (χ0) is 11.4. The maximum Gasteiger partial charge on any atom is 0.224 e. The highest BCUT2D eigenvalue weighted by molar-refractivity contribution is 6.01. The van der Waals surface area contributed by atoms with Crippen LogP contribution in [0.2, 0.25) is 0 Å². The van der Waals surface area contributed by atoms with Gasteiger partial charge in [0.1, 0.15) is 0 Å². The molecule has 81 valence electrons. The molecule has 1 amide bonds. The maximum absolute atomic E-state index is 11.5. The van der Waals surface area contributed by atoms with Crippen LogP contribution >= 0.6 is 0 Å². The molecule has 0 spiro atoms. The first-order valence-corrected chi connectivity index (χ1v) is 5.50. The van der Waals surface area contributed by atoms with E-state index in [4.69, 9.17) is 0 Å². The zero-order valence-electron chi connectivity index (χ0n) is 9.29. The standard InChI is InChI=1S/C14H14NO/c1-2-6-14(16)15-13-10-5-8-11-7-3-4-9-12(11)13/h3,5,7-10H,2,6H2,1H3,(H,15,16). The van der Waals surface area contributed by atoms with Crippen LogP contribution in [-0.2, 0) is 4.79 Å². The Hall–Kier alpha value is -1.83. The number of fused-ring (bicyclic) bond motifs is 1. The number of hydrogen-bond acceptors (Lipinski definition) is 1. The van der Waals surface area contributed by atoms with E-state index in [0.29, 0.717) is 6.42 Å². The van der Waals surface area contributed by atoms with E-state index in [0.717, 1.165) is 22.9 Å². The molecular weight excluding hydrogens is 198 g/mol. The molecule has 0 aliphatic heterocycles. The molecule has 2 rings (SSSR count). The lowest BCUT2D eigenvalue weighted by Crippen LogP contribution is -2.10. The molecule has 0 aliphatic carbocycles. The number of rotatable bonds is 3. The number of benzene rings is 2. The van der Waals surface area contributed by atoms with Gasteiger partial charge >= 0.3 is 0 Å². The largest absolute Gasteiger partial charge is 0.326 e. The van der Waals surface area contributed by atoms with Crippen molar-refractivity contribution in [3.8, 4) is 0 Å². The van der Waals surface area contributed by atoms with Gasteiger partial charge in [0.2, 0.25) is 5.91 Å². The number of carbonyl (C=O) groups excluding carboxylic acids is 1. The van der Waals surface area contributed by atoms with Crippen molar-refractivity contribution >= 4 is 22.4 Å². The van der Waals surface area contributed by atoms with Crippen LogP contribution in [0.1, 0.15) is 19.8 Å². The van der Waals surface area contributed by atoms with E-state index in [1.165, 1.54) is 0 Å². The molecule has 0 bridgehead atoms. The molecule has 0 unspecified atom stereocenters. The predicted molar refractivity (Wildman–Crippen MR) is 66.3 cm³/mol. The monoisotopic (exact) mass is 212 g/mol. The van der Waals surface area contributed by atoms with Crippen LogP contribution in [-0.4, -0.2) is 5.91 Å². The van der Waals surface area contributed by atoms with Crippen LogP contribution in [0.15, 0.2) is 36.4 Å². The second kappa shape index (κ2) is 4.79. The average Bonchev–Trinajstić information content (AvgIpc) is 2.30. The van der Waals surface area contributed by atoms with Crippen molar-refractivity contribution in [2.75, 3.05) is 5.32 Å². The minimum Gasteiger partial charge on any atom is -0.326 e.